The van der Waals surface area contributed by atoms with Crippen LogP contribution in [0.25, 0.3) is 22.3 Å². The van der Waals surface area contributed by atoms with Gasteiger partial charge in [0, 0.05) is 24.4 Å². The molecule has 1 N–H and O–H groups in total. The van der Waals surface area contributed by atoms with Gasteiger partial charge in [-0.3, -0.25) is 4.79 Å². The third-order valence-electron chi connectivity index (χ3n) is 4.27. The molecule has 0 spiro atoms. The number of rotatable bonds is 3. The van der Waals surface area contributed by atoms with Crippen molar-refractivity contribution in [1.29, 1.82) is 0 Å². The number of hydrogen-bond acceptors (Lipinski definition) is 4. The summed E-state index contributed by atoms with van der Waals surface area (Å²) in [6.45, 7) is 0. The first-order valence-corrected chi connectivity index (χ1v) is 8.30. The summed E-state index contributed by atoms with van der Waals surface area (Å²) in [7, 11) is 1.27. The van der Waals surface area contributed by atoms with Crippen LogP contribution in [0.3, 0.4) is 0 Å². The van der Waals surface area contributed by atoms with Crippen molar-refractivity contribution < 1.29 is 26.9 Å². The van der Waals surface area contributed by atoms with Crippen LogP contribution in [0.2, 0.25) is 0 Å². The fourth-order valence-corrected chi connectivity index (χ4v) is 2.86. The number of aryl methyl sites for hydroxylation is 1. The Morgan fingerprint density at radius 2 is 1.83 bits per heavy atom. The largest absolute Gasteiger partial charge is 0.449 e. The van der Waals surface area contributed by atoms with E-state index < -0.39 is 23.7 Å². The highest BCUT2D eigenvalue weighted by molar-refractivity contribution is 6.03. The smallest absolute Gasteiger partial charge is 0.350 e. The zero-order valence-corrected chi connectivity index (χ0v) is 14.8. The summed E-state index contributed by atoms with van der Waals surface area (Å²) < 4.78 is 57.9. The van der Waals surface area contributed by atoms with Crippen LogP contribution < -0.4 is 5.32 Å². The molecule has 4 rings (SSSR count). The predicted octanol–water partition coefficient (Wildman–Crippen LogP) is 4.64. The molecule has 0 aliphatic heterocycles. The summed E-state index contributed by atoms with van der Waals surface area (Å²) in [4.78, 5) is 16.0. The summed E-state index contributed by atoms with van der Waals surface area (Å²) >= 11 is 0. The lowest BCUT2D eigenvalue weighted by atomic mass is 10.1. The van der Waals surface area contributed by atoms with Crippen LogP contribution in [0.5, 0.6) is 0 Å². The van der Waals surface area contributed by atoms with Gasteiger partial charge >= 0.3 is 6.18 Å². The molecule has 10 heteroatoms. The summed E-state index contributed by atoms with van der Waals surface area (Å²) in [5, 5.41) is 6.30. The molecule has 1 amide bonds. The molecular formula is C19H12F4N4O2. The summed E-state index contributed by atoms with van der Waals surface area (Å²) in [6.07, 6.45) is -4.59. The van der Waals surface area contributed by atoms with Crippen molar-refractivity contribution in [3.63, 3.8) is 0 Å². The minimum absolute atomic E-state index is 0.0854. The number of aromatic nitrogens is 3. The summed E-state index contributed by atoms with van der Waals surface area (Å²) in [5.74, 6) is -2.19. The molecule has 148 valence electrons. The Labute approximate surface area is 160 Å². The highest BCUT2D eigenvalue weighted by Gasteiger charge is 2.36. The van der Waals surface area contributed by atoms with Crippen LogP contribution in [0.4, 0.5) is 23.2 Å². The van der Waals surface area contributed by atoms with E-state index in [0.717, 1.165) is 4.57 Å². The molecule has 4 aromatic rings. The maximum atomic E-state index is 13.0. The molecule has 2 heterocycles. The predicted molar refractivity (Wildman–Crippen MR) is 95.6 cm³/mol. The quantitative estimate of drug-likeness (QED) is 0.505. The monoisotopic (exact) mass is 404 g/mol. The Kier molecular flexibility index (Phi) is 4.33. The standard InChI is InChI=1S/C19H12F4N4O2/c1-27-15-7-6-12(8-14(15)25-18(27)19(21,22)23)24-17(28)16-9-13(26-29-16)10-2-4-11(20)5-3-10/h2-9H,1H3,(H,24,28). The van der Waals surface area contributed by atoms with E-state index in [1.807, 2.05) is 0 Å². The Bertz CT molecular complexity index is 1210. The lowest BCUT2D eigenvalue weighted by Gasteiger charge is -2.05. The van der Waals surface area contributed by atoms with Gasteiger partial charge in [0.25, 0.3) is 5.91 Å². The second-order valence-electron chi connectivity index (χ2n) is 6.23. The third kappa shape index (κ3) is 3.56. The van der Waals surface area contributed by atoms with E-state index in [1.165, 1.54) is 55.6 Å². The van der Waals surface area contributed by atoms with Gasteiger partial charge in [0.15, 0.2) is 0 Å². The van der Waals surface area contributed by atoms with Crippen LogP contribution in [0.1, 0.15) is 16.4 Å². The maximum absolute atomic E-state index is 13.0. The number of anilines is 1. The molecule has 0 aliphatic rings. The number of benzene rings is 2. The Morgan fingerprint density at radius 3 is 2.52 bits per heavy atom. The van der Waals surface area contributed by atoms with Gasteiger partial charge < -0.3 is 14.4 Å². The maximum Gasteiger partial charge on any atom is 0.449 e. The number of halogens is 4. The van der Waals surface area contributed by atoms with E-state index in [9.17, 15) is 22.4 Å². The molecule has 6 nitrogen and oxygen atoms in total. The lowest BCUT2D eigenvalue weighted by Crippen LogP contribution is -2.12. The average molecular weight is 404 g/mol. The van der Waals surface area contributed by atoms with Crippen molar-refractivity contribution in [2.45, 2.75) is 6.18 Å². The minimum atomic E-state index is -4.59. The highest BCUT2D eigenvalue weighted by atomic mass is 19.4. The normalized spacial score (nSPS) is 11.8. The van der Waals surface area contributed by atoms with Crippen molar-refractivity contribution >= 4 is 22.6 Å². The van der Waals surface area contributed by atoms with Crippen LogP contribution >= 0.6 is 0 Å². The second-order valence-corrected chi connectivity index (χ2v) is 6.23. The fraction of sp³-hybridized carbons (Fsp3) is 0.105. The molecule has 0 atom stereocenters. The molecule has 0 fully saturated rings. The van der Waals surface area contributed by atoms with Gasteiger partial charge in [-0.25, -0.2) is 9.37 Å². The van der Waals surface area contributed by atoms with Crippen LogP contribution in [0, 0.1) is 5.82 Å². The van der Waals surface area contributed by atoms with E-state index in [-0.39, 0.29) is 22.5 Å². The average Bonchev–Trinajstić information content (AvgIpc) is 3.27. The first-order valence-electron chi connectivity index (χ1n) is 8.30. The van der Waals surface area contributed by atoms with Crippen molar-refractivity contribution in [2.24, 2.45) is 7.05 Å². The van der Waals surface area contributed by atoms with Gasteiger partial charge in [0.05, 0.1) is 11.0 Å². The Hall–Kier alpha value is -3.69. The SMILES string of the molecule is Cn1c(C(F)(F)F)nc2cc(NC(=O)c3cc(-c4ccc(F)cc4)no3)ccc21. The first kappa shape index (κ1) is 18.7. The zero-order valence-electron chi connectivity index (χ0n) is 14.8. The molecule has 0 saturated carbocycles. The molecule has 0 saturated heterocycles. The Balaban J connectivity index is 1.57. The molecule has 0 aliphatic carbocycles. The molecule has 2 aromatic carbocycles. The fourth-order valence-electron chi connectivity index (χ4n) is 2.86. The number of imidazole rings is 1. The number of nitrogens with one attached hydrogen (secondary N) is 1. The minimum Gasteiger partial charge on any atom is -0.350 e. The van der Waals surface area contributed by atoms with Crippen LogP contribution in [0.15, 0.2) is 53.1 Å². The number of carbonyl (C=O) groups is 1. The van der Waals surface area contributed by atoms with Gasteiger partial charge in [-0.1, -0.05) is 5.16 Å². The van der Waals surface area contributed by atoms with Crippen molar-refractivity contribution in [1.82, 2.24) is 14.7 Å². The van der Waals surface area contributed by atoms with Crippen molar-refractivity contribution in [3.8, 4) is 11.3 Å². The highest BCUT2D eigenvalue weighted by Crippen LogP contribution is 2.31. The molecular weight excluding hydrogens is 392 g/mol. The second kappa shape index (κ2) is 6.73. The van der Waals surface area contributed by atoms with E-state index in [2.05, 4.69) is 15.5 Å². The van der Waals surface area contributed by atoms with E-state index >= 15 is 0 Å². The van der Waals surface area contributed by atoms with Crippen LogP contribution in [-0.4, -0.2) is 20.6 Å². The molecule has 0 bridgehead atoms. The van der Waals surface area contributed by atoms with Gasteiger partial charge in [-0.2, -0.15) is 13.2 Å². The first-order chi connectivity index (χ1) is 13.7. The number of fused-ring (bicyclic) bond motifs is 1. The Morgan fingerprint density at radius 1 is 1.10 bits per heavy atom. The molecule has 0 radical (unpaired) electrons. The van der Waals surface area contributed by atoms with Crippen LogP contribution in [-0.2, 0) is 13.2 Å². The number of alkyl halides is 3. The van der Waals surface area contributed by atoms with Crippen molar-refractivity contribution in [2.75, 3.05) is 5.32 Å². The molecule has 29 heavy (non-hydrogen) atoms. The topological polar surface area (TPSA) is 73.0 Å². The van der Waals surface area contributed by atoms with Gasteiger partial charge in [0.2, 0.25) is 11.6 Å². The number of carbonyl (C=O) groups excluding carboxylic acids is 1. The zero-order chi connectivity index (χ0) is 20.8. The van der Waals surface area contributed by atoms with Crippen molar-refractivity contribution in [3.05, 3.63) is 65.9 Å². The van der Waals surface area contributed by atoms with Gasteiger partial charge in [-0.15, -0.1) is 0 Å². The lowest BCUT2D eigenvalue weighted by molar-refractivity contribution is -0.146. The van der Waals surface area contributed by atoms with E-state index in [1.54, 1.807) is 0 Å². The summed E-state index contributed by atoms with van der Waals surface area (Å²) in [6, 6.07) is 11.1. The molecule has 0 unspecified atom stereocenters. The van der Waals surface area contributed by atoms with E-state index in [4.69, 9.17) is 4.52 Å². The number of nitrogens with zero attached hydrogens (tertiary/aromatic N) is 3. The molecule has 2 aromatic heterocycles. The summed E-state index contributed by atoms with van der Waals surface area (Å²) in [5.41, 5.74) is 1.50. The van der Waals surface area contributed by atoms with Gasteiger partial charge in [0.1, 0.15) is 11.5 Å². The number of amides is 1. The van der Waals surface area contributed by atoms with E-state index in [0.29, 0.717) is 11.3 Å². The van der Waals surface area contributed by atoms with Gasteiger partial charge in [-0.05, 0) is 42.5 Å². The number of hydrogen-bond donors (Lipinski definition) is 1. The third-order valence-corrected chi connectivity index (χ3v) is 4.27.